The van der Waals surface area contributed by atoms with Gasteiger partial charge in [-0.05, 0) is 37.2 Å². The minimum Gasteiger partial charge on any atom is -0.351 e. The third-order valence-corrected chi connectivity index (χ3v) is 3.30. The number of hydrogen-bond acceptors (Lipinski definition) is 3. The number of fused-ring (bicyclic) bond motifs is 1. The Bertz CT molecular complexity index is 601. The lowest BCUT2D eigenvalue weighted by molar-refractivity contribution is 0.0955. The van der Waals surface area contributed by atoms with Crippen molar-refractivity contribution in [2.45, 2.75) is 13.3 Å². The molecule has 0 aliphatic heterocycles. The highest BCUT2D eigenvalue weighted by Gasteiger charge is 2.12. The quantitative estimate of drug-likeness (QED) is 0.805. The van der Waals surface area contributed by atoms with E-state index < -0.39 is 0 Å². The molecule has 0 saturated carbocycles. The molecular formula is C15H18ClN3O. The summed E-state index contributed by atoms with van der Waals surface area (Å²) in [5.41, 5.74) is 1.19. The van der Waals surface area contributed by atoms with Crippen LogP contribution >= 0.6 is 11.6 Å². The molecule has 0 saturated heterocycles. The number of nitrogens with one attached hydrogen (secondary N) is 2. The van der Waals surface area contributed by atoms with Gasteiger partial charge in [-0.15, -0.1) is 0 Å². The molecule has 1 aromatic carbocycles. The van der Waals surface area contributed by atoms with Crippen LogP contribution in [0.5, 0.6) is 0 Å². The first-order valence-electron chi connectivity index (χ1n) is 6.76. The van der Waals surface area contributed by atoms with Crippen molar-refractivity contribution in [1.29, 1.82) is 0 Å². The molecule has 106 valence electrons. The van der Waals surface area contributed by atoms with Crippen molar-refractivity contribution in [1.82, 2.24) is 15.6 Å². The van der Waals surface area contributed by atoms with Crippen LogP contribution in [0.25, 0.3) is 10.9 Å². The fourth-order valence-electron chi connectivity index (χ4n) is 1.98. The Morgan fingerprint density at radius 2 is 2.10 bits per heavy atom. The van der Waals surface area contributed by atoms with E-state index in [1.54, 1.807) is 18.3 Å². The molecule has 2 N–H and O–H groups in total. The minimum absolute atomic E-state index is 0.122. The van der Waals surface area contributed by atoms with Crippen LogP contribution in [0, 0.1) is 0 Å². The largest absolute Gasteiger partial charge is 0.351 e. The smallest absolute Gasteiger partial charge is 0.253 e. The molecule has 1 amide bonds. The number of carbonyl (C=O) groups is 1. The van der Waals surface area contributed by atoms with Crippen molar-refractivity contribution in [2.75, 3.05) is 19.6 Å². The van der Waals surface area contributed by atoms with Crippen molar-refractivity contribution in [3.05, 3.63) is 41.0 Å². The van der Waals surface area contributed by atoms with Gasteiger partial charge < -0.3 is 10.6 Å². The van der Waals surface area contributed by atoms with Gasteiger partial charge in [-0.3, -0.25) is 9.78 Å². The van der Waals surface area contributed by atoms with E-state index in [1.165, 1.54) is 0 Å². The van der Waals surface area contributed by atoms with Crippen molar-refractivity contribution in [3.63, 3.8) is 0 Å². The van der Waals surface area contributed by atoms with Crippen molar-refractivity contribution in [3.8, 4) is 0 Å². The van der Waals surface area contributed by atoms with Crippen molar-refractivity contribution < 1.29 is 4.79 Å². The normalized spacial score (nSPS) is 10.7. The van der Waals surface area contributed by atoms with E-state index in [0.717, 1.165) is 24.9 Å². The van der Waals surface area contributed by atoms with Gasteiger partial charge in [0.15, 0.2) is 0 Å². The van der Waals surface area contributed by atoms with E-state index in [1.807, 2.05) is 12.1 Å². The van der Waals surface area contributed by atoms with Gasteiger partial charge in [0.1, 0.15) is 0 Å². The molecule has 0 fully saturated rings. The Hall–Kier alpha value is -1.65. The summed E-state index contributed by atoms with van der Waals surface area (Å²) in [6.07, 6.45) is 2.75. The molecule has 1 heterocycles. The maximum atomic E-state index is 12.2. The van der Waals surface area contributed by atoms with Gasteiger partial charge in [-0.1, -0.05) is 18.5 Å². The lowest BCUT2D eigenvalue weighted by atomic mass is 10.1. The third-order valence-electron chi connectivity index (χ3n) is 2.98. The molecule has 0 spiro atoms. The first kappa shape index (κ1) is 14.8. The van der Waals surface area contributed by atoms with Crippen LogP contribution in [0.3, 0.4) is 0 Å². The summed E-state index contributed by atoms with van der Waals surface area (Å²) in [6.45, 7) is 4.42. The summed E-state index contributed by atoms with van der Waals surface area (Å²) < 4.78 is 0. The minimum atomic E-state index is -0.122. The Kier molecular flexibility index (Phi) is 5.32. The molecule has 2 aromatic rings. The van der Waals surface area contributed by atoms with Crippen LogP contribution in [0.1, 0.15) is 23.7 Å². The molecule has 5 heteroatoms. The summed E-state index contributed by atoms with van der Waals surface area (Å²) in [4.78, 5) is 16.4. The zero-order valence-corrected chi connectivity index (χ0v) is 12.2. The maximum Gasteiger partial charge on any atom is 0.253 e. The Labute approximate surface area is 123 Å². The topological polar surface area (TPSA) is 54.0 Å². The molecule has 4 nitrogen and oxygen atoms in total. The van der Waals surface area contributed by atoms with E-state index in [-0.39, 0.29) is 5.91 Å². The Morgan fingerprint density at radius 3 is 2.90 bits per heavy atom. The zero-order chi connectivity index (χ0) is 14.4. The van der Waals surface area contributed by atoms with Gasteiger partial charge >= 0.3 is 0 Å². The van der Waals surface area contributed by atoms with Gasteiger partial charge in [-0.25, -0.2) is 0 Å². The fourth-order valence-corrected chi connectivity index (χ4v) is 2.20. The van der Waals surface area contributed by atoms with E-state index in [2.05, 4.69) is 22.5 Å². The van der Waals surface area contributed by atoms with Crippen LogP contribution in [0.2, 0.25) is 5.02 Å². The van der Waals surface area contributed by atoms with Gasteiger partial charge in [-0.2, -0.15) is 0 Å². The number of amides is 1. The van der Waals surface area contributed by atoms with E-state index in [4.69, 9.17) is 11.6 Å². The Morgan fingerprint density at radius 1 is 1.25 bits per heavy atom. The number of halogens is 1. The Balaban J connectivity index is 2.09. The molecule has 2 rings (SSSR count). The molecule has 0 aliphatic rings. The van der Waals surface area contributed by atoms with Crippen LogP contribution in [0.4, 0.5) is 0 Å². The number of rotatable bonds is 6. The summed E-state index contributed by atoms with van der Waals surface area (Å²) in [7, 11) is 0. The highest BCUT2D eigenvalue weighted by Crippen LogP contribution is 2.24. The number of aromatic nitrogens is 1. The van der Waals surface area contributed by atoms with Gasteiger partial charge in [0, 0.05) is 24.7 Å². The second kappa shape index (κ2) is 7.22. The number of pyridine rings is 1. The van der Waals surface area contributed by atoms with Crippen molar-refractivity contribution in [2.24, 2.45) is 0 Å². The molecule has 0 atom stereocenters. The molecule has 0 unspecified atom stereocenters. The highest BCUT2D eigenvalue weighted by atomic mass is 35.5. The van der Waals surface area contributed by atoms with Crippen LogP contribution < -0.4 is 10.6 Å². The second-order valence-corrected chi connectivity index (χ2v) is 4.91. The number of hydrogen-bond donors (Lipinski definition) is 2. The summed E-state index contributed by atoms with van der Waals surface area (Å²) in [6, 6.07) is 7.12. The molecule has 0 bridgehead atoms. The highest BCUT2D eigenvalue weighted by molar-refractivity contribution is 6.36. The predicted molar refractivity (Wildman–Crippen MR) is 82.2 cm³/mol. The van der Waals surface area contributed by atoms with Gasteiger partial charge in [0.05, 0.1) is 16.1 Å². The molecule has 1 aromatic heterocycles. The average Bonchev–Trinajstić information content (AvgIpc) is 2.47. The third kappa shape index (κ3) is 3.46. The summed E-state index contributed by atoms with van der Waals surface area (Å²) in [5.74, 6) is -0.122. The van der Waals surface area contributed by atoms with Crippen molar-refractivity contribution >= 4 is 28.4 Å². The summed E-state index contributed by atoms with van der Waals surface area (Å²) >= 11 is 6.11. The van der Waals surface area contributed by atoms with Crippen LogP contribution in [0.15, 0.2) is 30.5 Å². The van der Waals surface area contributed by atoms with Crippen LogP contribution in [-0.2, 0) is 0 Å². The lowest BCUT2D eigenvalue weighted by Crippen LogP contribution is -2.32. The second-order valence-electron chi connectivity index (χ2n) is 4.50. The average molecular weight is 292 g/mol. The lowest BCUT2D eigenvalue weighted by Gasteiger charge is -2.08. The first-order chi connectivity index (χ1) is 9.74. The molecule has 0 aliphatic carbocycles. The number of benzene rings is 1. The number of carbonyl (C=O) groups excluding carboxylic acids is 1. The maximum absolute atomic E-state index is 12.2. The van der Waals surface area contributed by atoms with E-state index >= 15 is 0 Å². The van der Waals surface area contributed by atoms with Crippen LogP contribution in [-0.4, -0.2) is 30.5 Å². The monoisotopic (exact) mass is 291 g/mol. The first-order valence-corrected chi connectivity index (χ1v) is 7.14. The molecule has 0 radical (unpaired) electrons. The standard InChI is InChI=1S/C15H18ClN3O/c1-2-7-17-9-10-19-15(20)12-5-6-13(16)11-4-3-8-18-14(11)12/h3-6,8,17H,2,7,9-10H2,1H3,(H,19,20). The predicted octanol–water partition coefficient (Wildman–Crippen LogP) is 2.62. The molecule has 20 heavy (non-hydrogen) atoms. The summed E-state index contributed by atoms with van der Waals surface area (Å²) in [5, 5.41) is 7.52. The van der Waals surface area contributed by atoms with E-state index in [9.17, 15) is 4.79 Å². The fraction of sp³-hybridized carbons (Fsp3) is 0.333. The molecular weight excluding hydrogens is 274 g/mol. The zero-order valence-electron chi connectivity index (χ0n) is 11.4. The van der Waals surface area contributed by atoms with Gasteiger partial charge in [0.25, 0.3) is 5.91 Å². The SMILES string of the molecule is CCCNCCNC(=O)c1ccc(Cl)c2cccnc12. The van der Waals surface area contributed by atoms with E-state index in [0.29, 0.717) is 22.6 Å². The number of nitrogens with zero attached hydrogens (tertiary/aromatic N) is 1. The van der Waals surface area contributed by atoms with Gasteiger partial charge in [0.2, 0.25) is 0 Å².